The molecule has 116 valence electrons. The summed E-state index contributed by atoms with van der Waals surface area (Å²) in [5.41, 5.74) is 4.29. The molecule has 1 aliphatic rings. The molecule has 2 aromatic rings. The van der Waals surface area contributed by atoms with Crippen LogP contribution in [0.1, 0.15) is 23.7 Å². The molecule has 3 rings (SSSR count). The van der Waals surface area contributed by atoms with Crippen molar-refractivity contribution in [3.05, 3.63) is 46.8 Å². The summed E-state index contributed by atoms with van der Waals surface area (Å²) in [6.07, 6.45) is 1.82. The van der Waals surface area contributed by atoms with E-state index in [0.717, 1.165) is 41.0 Å². The maximum Gasteiger partial charge on any atom is 0.210 e. The van der Waals surface area contributed by atoms with Crippen molar-refractivity contribution < 1.29 is 4.74 Å². The van der Waals surface area contributed by atoms with E-state index in [1.807, 2.05) is 19.2 Å². The van der Waals surface area contributed by atoms with E-state index in [9.17, 15) is 0 Å². The quantitative estimate of drug-likeness (QED) is 0.787. The third kappa shape index (κ3) is 2.37. The third-order valence-electron chi connectivity index (χ3n) is 3.90. The maximum absolute atomic E-state index is 6.48. The van der Waals surface area contributed by atoms with Crippen LogP contribution in [0.3, 0.4) is 0 Å². The Bertz CT molecular complexity index is 712. The molecule has 0 bridgehead atoms. The molecule has 0 saturated heterocycles. The van der Waals surface area contributed by atoms with Gasteiger partial charge in [0.25, 0.3) is 0 Å². The number of fused-ring (bicyclic) bond motifs is 1. The molecule has 0 radical (unpaired) electrons. The average Bonchev–Trinajstić information content (AvgIpc) is 3.00. The smallest absolute Gasteiger partial charge is 0.210 e. The van der Waals surface area contributed by atoms with Crippen molar-refractivity contribution in [1.82, 2.24) is 9.55 Å². The zero-order chi connectivity index (χ0) is 15.9. The van der Waals surface area contributed by atoms with Gasteiger partial charge in [-0.15, -0.1) is 0 Å². The Morgan fingerprint density at radius 1 is 1.36 bits per heavy atom. The standard InChI is InChI=1S/C17H20ClN3O/c1-5-22-13(4)15-10-19-17-20(15)6-7-21(17)16-12(3)8-11(2)9-14(16)18/h8-10H,4-7H2,1-3H3. The van der Waals surface area contributed by atoms with Gasteiger partial charge in [-0.2, -0.15) is 0 Å². The number of imidazole rings is 1. The summed E-state index contributed by atoms with van der Waals surface area (Å²) < 4.78 is 7.65. The number of halogens is 1. The predicted molar refractivity (Wildman–Crippen MR) is 90.8 cm³/mol. The van der Waals surface area contributed by atoms with Gasteiger partial charge in [0.1, 0.15) is 11.5 Å². The van der Waals surface area contributed by atoms with Crippen LogP contribution in [0.2, 0.25) is 5.02 Å². The number of rotatable bonds is 4. The minimum atomic E-state index is 0.603. The third-order valence-corrected chi connectivity index (χ3v) is 4.18. The maximum atomic E-state index is 6.48. The Kier molecular flexibility index (Phi) is 3.87. The minimum Gasteiger partial charge on any atom is -0.492 e. The van der Waals surface area contributed by atoms with E-state index in [1.54, 1.807) is 0 Å². The van der Waals surface area contributed by atoms with Gasteiger partial charge in [-0.25, -0.2) is 4.98 Å². The molecule has 0 saturated carbocycles. The highest BCUT2D eigenvalue weighted by Crippen LogP contribution is 2.38. The summed E-state index contributed by atoms with van der Waals surface area (Å²) in [6.45, 7) is 12.4. The number of hydrogen-bond donors (Lipinski definition) is 0. The van der Waals surface area contributed by atoms with Crippen LogP contribution in [-0.4, -0.2) is 22.7 Å². The van der Waals surface area contributed by atoms with Crippen LogP contribution in [0, 0.1) is 13.8 Å². The molecule has 0 unspecified atom stereocenters. The molecule has 0 atom stereocenters. The summed E-state index contributed by atoms with van der Waals surface area (Å²) in [7, 11) is 0. The van der Waals surface area contributed by atoms with Gasteiger partial charge in [0.2, 0.25) is 5.95 Å². The number of anilines is 2. The molecule has 1 aliphatic heterocycles. The number of hydrogen-bond acceptors (Lipinski definition) is 3. The number of aromatic nitrogens is 2. The highest BCUT2D eigenvalue weighted by Gasteiger charge is 2.28. The monoisotopic (exact) mass is 317 g/mol. The number of nitrogens with zero attached hydrogens (tertiary/aromatic N) is 3. The molecule has 22 heavy (non-hydrogen) atoms. The van der Waals surface area contributed by atoms with E-state index in [4.69, 9.17) is 16.3 Å². The molecule has 5 heteroatoms. The van der Waals surface area contributed by atoms with Crippen LogP contribution in [-0.2, 0) is 11.3 Å². The normalized spacial score (nSPS) is 13.4. The summed E-state index contributed by atoms with van der Waals surface area (Å²) in [5, 5.41) is 0.763. The van der Waals surface area contributed by atoms with Crippen molar-refractivity contribution in [3.63, 3.8) is 0 Å². The van der Waals surface area contributed by atoms with Crippen LogP contribution in [0.15, 0.2) is 24.9 Å². The van der Waals surface area contributed by atoms with E-state index in [2.05, 4.69) is 40.9 Å². The molecule has 2 heterocycles. The molecule has 0 N–H and O–H groups in total. The molecule has 1 aromatic heterocycles. The summed E-state index contributed by atoms with van der Waals surface area (Å²) in [4.78, 5) is 6.72. The molecular formula is C17H20ClN3O. The second-order valence-electron chi connectivity index (χ2n) is 5.52. The molecular weight excluding hydrogens is 298 g/mol. The van der Waals surface area contributed by atoms with E-state index in [0.29, 0.717) is 12.4 Å². The van der Waals surface area contributed by atoms with Crippen molar-refractivity contribution in [2.75, 3.05) is 18.1 Å². The Balaban J connectivity index is 2.01. The number of aryl methyl sites for hydroxylation is 2. The molecule has 4 nitrogen and oxygen atoms in total. The summed E-state index contributed by atoms with van der Waals surface area (Å²) in [6, 6.07) is 4.14. The summed E-state index contributed by atoms with van der Waals surface area (Å²) in [5.74, 6) is 1.56. The van der Waals surface area contributed by atoms with E-state index >= 15 is 0 Å². The van der Waals surface area contributed by atoms with Crippen molar-refractivity contribution >= 4 is 29.0 Å². The highest BCUT2D eigenvalue weighted by atomic mass is 35.5. The predicted octanol–water partition coefficient (Wildman–Crippen LogP) is 4.31. The first-order valence-corrected chi connectivity index (χ1v) is 7.82. The Hall–Kier alpha value is -1.94. The fraction of sp³-hybridized carbons (Fsp3) is 0.353. The van der Waals surface area contributed by atoms with E-state index in [-0.39, 0.29) is 0 Å². The minimum absolute atomic E-state index is 0.603. The fourth-order valence-corrected chi connectivity index (χ4v) is 3.46. The van der Waals surface area contributed by atoms with Crippen LogP contribution < -0.4 is 4.90 Å². The molecule has 1 aromatic carbocycles. The second kappa shape index (κ2) is 5.69. The largest absolute Gasteiger partial charge is 0.492 e. The van der Waals surface area contributed by atoms with Gasteiger partial charge >= 0.3 is 0 Å². The summed E-state index contributed by atoms with van der Waals surface area (Å²) >= 11 is 6.48. The first-order valence-electron chi connectivity index (χ1n) is 7.44. The van der Waals surface area contributed by atoms with Crippen molar-refractivity contribution in [3.8, 4) is 0 Å². The van der Waals surface area contributed by atoms with Gasteiger partial charge < -0.3 is 14.2 Å². The van der Waals surface area contributed by atoms with Gasteiger partial charge in [-0.3, -0.25) is 0 Å². The van der Waals surface area contributed by atoms with E-state index in [1.165, 1.54) is 5.56 Å². The topological polar surface area (TPSA) is 30.3 Å². The van der Waals surface area contributed by atoms with Gasteiger partial charge in [-0.1, -0.05) is 24.2 Å². The van der Waals surface area contributed by atoms with Crippen LogP contribution in [0.25, 0.3) is 5.76 Å². The zero-order valence-corrected chi connectivity index (χ0v) is 13.9. The molecule has 0 amide bonds. The molecule has 0 fully saturated rings. The molecule has 0 spiro atoms. The van der Waals surface area contributed by atoms with Crippen LogP contribution in [0.5, 0.6) is 0 Å². The van der Waals surface area contributed by atoms with Crippen LogP contribution in [0.4, 0.5) is 11.6 Å². The zero-order valence-electron chi connectivity index (χ0n) is 13.2. The number of benzene rings is 1. The van der Waals surface area contributed by atoms with Gasteiger partial charge in [0.05, 0.1) is 23.5 Å². The first-order chi connectivity index (χ1) is 10.5. The van der Waals surface area contributed by atoms with Gasteiger partial charge in [0, 0.05) is 13.1 Å². The van der Waals surface area contributed by atoms with Gasteiger partial charge in [-0.05, 0) is 38.0 Å². The van der Waals surface area contributed by atoms with Crippen LogP contribution >= 0.6 is 11.6 Å². The van der Waals surface area contributed by atoms with Crippen molar-refractivity contribution in [1.29, 1.82) is 0 Å². The average molecular weight is 318 g/mol. The number of ether oxygens (including phenoxy) is 1. The lowest BCUT2D eigenvalue weighted by Crippen LogP contribution is -2.16. The second-order valence-corrected chi connectivity index (χ2v) is 5.92. The van der Waals surface area contributed by atoms with Crippen molar-refractivity contribution in [2.45, 2.75) is 27.3 Å². The van der Waals surface area contributed by atoms with Crippen molar-refractivity contribution in [2.24, 2.45) is 0 Å². The first kappa shape index (κ1) is 15.0. The Morgan fingerprint density at radius 2 is 2.14 bits per heavy atom. The van der Waals surface area contributed by atoms with Gasteiger partial charge in [0.15, 0.2) is 0 Å². The Morgan fingerprint density at radius 3 is 2.82 bits per heavy atom. The lowest BCUT2D eigenvalue weighted by Gasteiger charge is -2.20. The molecule has 0 aliphatic carbocycles. The van der Waals surface area contributed by atoms with E-state index < -0.39 is 0 Å². The lowest BCUT2D eigenvalue weighted by atomic mass is 10.1. The highest BCUT2D eigenvalue weighted by molar-refractivity contribution is 6.33. The fourth-order valence-electron chi connectivity index (χ4n) is 3.03. The lowest BCUT2D eigenvalue weighted by molar-refractivity contribution is 0.296. The SMILES string of the molecule is C=C(OCC)c1cnc2n1CCN2c1c(C)cc(C)cc1Cl. The Labute approximate surface area is 136 Å².